The third-order valence-corrected chi connectivity index (χ3v) is 3.77. The average Bonchev–Trinajstić information content (AvgIpc) is 2.48. The molecule has 2 atom stereocenters. The van der Waals surface area contributed by atoms with E-state index < -0.39 is 0 Å². The van der Waals surface area contributed by atoms with Gasteiger partial charge in [-0.3, -0.25) is 4.90 Å². The van der Waals surface area contributed by atoms with Crippen molar-refractivity contribution in [2.24, 2.45) is 0 Å². The molecule has 1 heterocycles. The van der Waals surface area contributed by atoms with Crippen LogP contribution in [0.1, 0.15) is 31.4 Å². The number of nitrogens with zero attached hydrogens (tertiary/aromatic N) is 1. The van der Waals surface area contributed by atoms with Crippen molar-refractivity contribution >= 4 is 0 Å². The number of aliphatic hydroxyl groups excluding tert-OH is 1. The van der Waals surface area contributed by atoms with Gasteiger partial charge in [0, 0.05) is 19.1 Å². The number of ether oxygens (including phenoxy) is 1. The van der Waals surface area contributed by atoms with E-state index in [4.69, 9.17) is 9.84 Å². The standard InChI is InChI=1S/C17H22FNO2/c1-3-16-12-21-13(2)10-19(16)11-14-6-7-17(18)15(9-14)5-4-8-20/h6-7,9,13,16,20H,3,8,10-12H2,1-2H3. The first-order valence-electron chi connectivity index (χ1n) is 7.37. The fourth-order valence-electron chi connectivity index (χ4n) is 2.62. The summed E-state index contributed by atoms with van der Waals surface area (Å²) >= 11 is 0. The molecule has 0 amide bonds. The van der Waals surface area contributed by atoms with E-state index in [1.165, 1.54) is 6.07 Å². The normalized spacial score (nSPS) is 22.7. The second-order valence-corrected chi connectivity index (χ2v) is 5.41. The first-order valence-corrected chi connectivity index (χ1v) is 7.37. The molecule has 0 aromatic heterocycles. The Labute approximate surface area is 125 Å². The topological polar surface area (TPSA) is 32.7 Å². The molecule has 0 aliphatic carbocycles. The van der Waals surface area contributed by atoms with Crippen molar-refractivity contribution in [3.63, 3.8) is 0 Å². The molecular formula is C17H22FNO2. The molecule has 0 bridgehead atoms. The molecular weight excluding hydrogens is 269 g/mol. The Hall–Kier alpha value is -1.41. The SMILES string of the molecule is CCC1COC(C)CN1Cc1ccc(F)c(C#CCO)c1. The molecule has 1 aliphatic rings. The lowest BCUT2D eigenvalue weighted by atomic mass is 10.1. The number of aliphatic hydroxyl groups is 1. The Bertz CT molecular complexity index is 535. The van der Waals surface area contributed by atoms with Crippen molar-refractivity contribution in [3.05, 3.63) is 35.1 Å². The predicted molar refractivity (Wildman–Crippen MR) is 80.3 cm³/mol. The summed E-state index contributed by atoms with van der Waals surface area (Å²) in [5.41, 5.74) is 1.38. The van der Waals surface area contributed by atoms with Gasteiger partial charge in [0.1, 0.15) is 12.4 Å². The van der Waals surface area contributed by atoms with Crippen LogP contribution in [0.25, 0.3) is 0 Å². The molecule has 114 valence electrons. The number of benzene rings is 1. The van der Waals surface area contributed by atoms with E-state index in [0.717, 1.165) is 31.7 Å². The molecule has 3 nitrogen and oxygen atoms in total. The summed E-state index contributed by atoms with van der Waals surface area (Å²) in [6, 6.07) is 5.41. The smallest absolute Gasteiger partial charge is 0.138 e. The van der Waals surface area contributed by atoms with Gasteiger partial charge in [-0.2, -0.15) is 0 Å². The Kier molecular flexibility index (Phi) is 5.75. The summed E-state index contributed by atoms with van der Waals surface area (Å²) in [5, 5.41) is 8.73. The highest BCUT2D eigenvalue weighted by Gasteiger charge is 2.25. The Balaban J connectivity index is 2.14. The van der Waals surface area contributed by atoms with Crippen molar-refractivity contribution in [1.29, 1.82) is 0 Å². The number of morpholine rings is 1. The molecule has 2 unspecified atom stereocenters. The van der Waals surface area contributed by atoms with Crippen LogP contribution in [0.2, 0.25) is 0 Å². The summed E-state index contributed by atoms with van der Waals surface area (Å²) in [6.45, 7) is 6.36. The second kappa shape index (κ2) is 7.56. The average molecular weight is 291 g/mol. The summed E-state index contributed by atoms with van der Waals surface area (Å²) in [5.74, 6) is 4.81. The number of rotatable bonds is 3. The van der Waals surface area contributed by atoms with Crippen LogP contribution >= 0.6 is 0 Å². The highest BCUT2D eigenvalue weighted by atomic mass is 19.1. The van der Waals surface area contributed by atoms with E-state index in [1.807, 2.05) is 0 Å². The van der Waals surface area contributed by atoms with Gasteiger partial charge in [0.05, 0.1) is 18.3 Å². The number of hydrogen-bond donors (Lipinski definition) is 1. The Morgan fingerprint density at radius 3 is 3.00 bits per heavy atom. The van der Waals surface area contributed by atoms with Gasteiger partial charge in [0.25, 0.3) is 0 Å². The zero-order chi connectivity index (χ0) is 15.2. The molecule has 1 aromatic rings. The third kappa shape index (κ3) is 4.28. The molecule has 0 spiro atoms. The highest BCUT2D eigenvalue weighted by molar-refractivity contribution is 5.38. The quantitative estimate of drug-likeness (QED) is 0.866. The zero-order valence-corrected chi connectivity index (χ0v) is 12.6. The molecule has 1 aliphatic heterocycles. The second-order valence-electron chi connectivity index (χ2n) is 5.41. The molecule has 1 aromatic carbocycles. The number of hydrogen-bond acceptors (Lipinski definition) is 3. The molecule has 4 heteroatoms. The third-order valence-electron chi connectivity index (χ3n) is 3.77. The Morgan fingerprint density at radius 1 is 1.48 bits per heavy atom. The summed E-state index contributed by atoms with van der Waals surface area (Å²) < 4.78 is 19.4. The summed E-state index contributed by atoms with van der Waals surface area (Å²) in [6.07, 6.45) is 1.26. The van der Waals surface area contributed by atoms with E-state index in [2.05, 4.69) is 30.6 Å². The molecule has 1 saturated heterocycles. The molecule has 0 radical (unpaired) electrons. The predicted octanol–water partition coefficient (Wildman–Crippen LogP) is 2.17. The lowest BCUT2D eigenvalue weighted by molar-refractivity contribution is -0.0592. The maximum atomic E-state index is 13.7. The summed E-state index contributed by atoms with van der Waals surface area (Å²) in [4.78, 5) is 2.38. The van der Waals surface area contributed by atoms with Crippen LogP contribution in [0.5, 0.6) is 0 Å². The van der Waals surface area contributed by atoms with Crippen molar-refractivity contribution in [3.8, 4) is 11.8 Å². The maximum Gasteiger partial charge on any atom is 0.138 e. The van der Waals surface area contributed by atoms with Crippen molar-refractivity contribution in [2.75, 3.05) is 19.8 Å². The monoisotopic (exact) mass is 291 g/mol. The van der Waals surface area contributed by atoms with Crippen LogP contribution in [-0.4, -0.2) is 41.9 Å². The van der Waals surface area contributed by atoms with Crippen LogP contribution in [0.4, 0.5) is 4.39 Å². The molecule has 1 N–H and O–H groups in total. The van der Waals surface area contributed by atoms with Crippen molar-refractivity contribution < 1.29 is 14.2 Å². The fraction of sp³-hybridized carbons (Fsp3) is 0.529. The van der Waals surface area contributed by atoms with E-state index in [9.17, 15) is 4.39 Å². The van der Waals surface area contributed by atoms with Crippen molar-refractivity contribution in [2.45, 2.75) is 39.0 Å². The van der Waals surface area contributed by atoms with E-state index in [-0.39, 0.29) is 18.5 Å². The lowest BCUT2D eigenvalue weighted by Gasteiger charge is -2.38. The molecule has 2 rings (SSSR count). The Morgan fingerprint density at radius 2 is 2.29 bits per heavy atom. The van der Waals surface area contributed by atoms with Gasteiger partial charge in [-0.05, 0) is 31.0 Å². The first kappa shape index (κ1) is 16.0. The van der Waals surface area contributed by atoms with Gasteiger partial charge in [-0.15, -0.1) is 0 Å². The zero-order valence-electron chi connectivity index (χ0n) is 12.6. The largest absolute Gasteiger partial charge is 0.384 e. The van der Waals surface area contributed by atoms with Gasteiger partial charge in [0.2, 0.25) is 0 Å². The lowest BCUT2D eigenvalue weighted by Crippen LogP contribution is -2.47. The maximum absolute atomic E-state index is 13.7. The first-order chi connectivity index (χ1) is 10.1. The minimum Gasteiger partial charge on any atom is -0.384 e. The van der Waals surface area contributed by atoms with Gasteiger partial charge in [0.15, 0.2) is 0 Å². The van der Waals surface area contributed by atoms with Gasteiger partial charge < -0.3 is 9.84 Å². The number of halogens is 1. The molecule has 21 heavy (non-hydrogen) atoms. The van der Waals surface area contributed by atoms with Gasteiger partial charge in [-0.25, -0.2) is 4.39 Å². The molecule has 1 fully saturated rings. The van der Waals surface area contributed by atoms with Crippen molar-refractivity contribution in [1.82, 2.24) is 4.90 Å². The van der Waals surface area contributed by atoms with Crippen LogP contribution in [-0.2, 0) is 11.3 Å². The van der Waals surface area contributed by atoms with E-state index >= 15 is 0 Å². The van der Waals surface area contributed by atoms with Crippen LogP contribution in [0.15, 0.2) is 18.2 Å². The highest BCUT2D eigenvalue weighted by Crippen LogP contribution is 2.19. The summed E-state index contributed by atoms with van der Waals surface area (Å²) in [7, 11) is 0. The molecule has 0 saturated carbocycles. The van der Waals surface area contributed by atoms with Crippen LogP contribution in [0.3, 0.4) is 0 Å². The van der Waals surface area contributed by atoms with Gasteiger partial charge >= 0.3 is 0 Å². The fourth-order valence-corrected chi connectivity index (χ4v) is 2.62. The van der Waals surface area contributed by atoms with Crippen LogP contribution < -0.4 is 0 Å². The van der Waals surface area contributed by atoms with Gasteiger partial charge in [-0.1, -0.05) is 24.8 Å². The van der Waals surface area contributed by atoms with Crippen LogP contribution in [0, 0.1) is 17.7 Å². The van der Waals surface area contributed by atoms with E-state index in [1.54, 1.807) is 12.1 Å². The minimum absolute atomic E-state index is 0.224. The minimum atomic E-state index is -0.345. The van der Waals surface area contributed by atoms with E-state index in [0.29, 0.717) is 11.6 Å².